The minimum absolute atomic E-state index is 0.146. The number of ether oxygens (including phenoxy) is 3. The third-order valence-electron chi connectivity index (χ3n) is 3.33. The molecule has 0 unspecified atom stereocenters. The van der Waals surface area contributed by atoms with Crippen molar-refractivity contribution in [3.63, 3.8) is 0 Å². The van der Waals surface area contributed by atoms with Gasteiger partial charge in [-0.05, 0) is 12.0 Å². The maximum Gasteiger partial charge on any atom is 0.166 e. The Labute approximate surface area is 91.4 Å². The molecule has 86 valence electrons. The van der Waals surface area contributed by atoms with Crippen molar-refractivity contribution in [3.05, 3.63) is 12.2 Å². The first-order valence-electron chi connectivity index (χ1n) is 5.75. The van der Waals surface area contributed by atoms with Gasteiger partial charge in [-0.15, -0.1) is 0 Å². The zero-order chi connectivity index (χ0) is 10.8. The summed E-state index contributed by atoms with van der Waals surface area (Å²) >= 11 is 0. The lowest BCUT2D eigenvalue weighted by molar-refractivity contribution is -0.132. The fourth-order valence-electron chi connectivity index (χ4n) is 2.50. The van der Waals surface area contributed by atoms with Crippen LogP contribution in [0.15, 0.2) is 12.2 Å². The van der Waals surface area contributed by atoms with E-state index in [0.717, 1.165) is 12.0 Å². The molecule has 0 bridgehead atoms. The molecule has 2 saturated heterocycles. The summed E-state index contributed by atoms with van der Waals surface area (Å²) in [5, 5.41) is 0. The van der Waals surface area contributed by atoms with Crippen LogP contribution in [0.1, 0.15) is 26.2 Å². The lowest BCUT2D eigenvalue weighted by Crippen LogP contribution is -2.25. The van der Waals surface area contributed by atoms with Crippen molar-refractivity contribution in [3.8, 4) is 0 Å². The summed E-state index contributed by atoms with van der Waals surface area (Å²) in [5.74, 6) is 0.247. The molecule has 0 saturated carbocycles. The molecule has 0 spiro atoms. The number of methoxy groups -OCH3 is 1. The first kappa shape index (κ1) is 11.1. The molecule has 0 aliphatic carbocycles. The predicted molar refractivity (Wildman–Crippen MR) is 57.6 cm³/mol. The molecule has 3 nitrogen and oxygen atoms in total. The quantitative estimate of drug-likeness (QED) is 0.668. The van der Waals surface area contributed by atoms with Gasteiger partial charge in [0.15, 0.2) is 6.29 Å². The van der Waals surface area contributed by atoms with Crippen molar-refractivity contribution >= 4 is 0 Å². The number of unbranched alkanes of at least 4 members (excludes halogenated alkanes) is 1. The lowest BCUT2D eigenvalue weighted by atomic mass is 9.94. The van der Waals surface area contributed by atoms with Crippen LogP contribution < -0.4 is 0 Å². The average molecular weight is 212 g/mol. The normalized spacial score (nSPS) is 39.7. The Balaban J connectivity index is 2.01. The second kappa shape index (κ2) is 4.64. The van der Waals surface area contributed by atoms with Crippen LogP contribution >= 0.6 is 0 Å². The smallest absolute Gasteiger partial charge is 0.166 e. The average Bonchev–Trinajstić information content (AvgIpc) is 2.77. The molecule has 0 aromatic carbocycles. The Morgan fingerprint density at radius 1 is 1.53 bits per heavy atom. The number of hydrogen-bond acceptors (Lipinski definition) is 3. The van der Waals surface area contributed by atoms with Crippen molar-refractivity contribution in [2.24, 2.45) is 5.92 Å². The zero-order valence-corrected chi connectivity index (χ0v) is 9.57. The van der Waals surface area contributed by atoms with Crippen molar-refractivity contribution < 1.29 is 14.2 Å². The number of fused-ring (bicyclic) bond motifs is 1. The standard InChI is InChI=1S/C12H20O3/c1-4-5-6-9-11-10(8(2)7-14-11)12(13-3)15-9/h9-12H,2,4-7H2,1,3H3/t9-,10+,11+,12-/m1/s1. The molecule has 0 aromatic rings. The molecule has 2 aliphatic rings. The molecule has 0 N–H and O–H groups in total. The van der Waals surface area contributed by atoms with E-state index in [1.54, 1.807) is 7.11 Å². The Morgan fingerprint density at radius 3 is 3.00 bits per heavy atom. The highest BCUT2D eigenvalue weighted by Gasteiger charge is 2.49. The summed E-state index contributed by atoms with van der Waals surface area (Å²) in [6.45, 7) is 6.88. The molecule has 3 heteroatoms. The van der Waals surface area contributed by atoms with E-state index < -0.39 is 0 Å². The van der Waals surface area contributed by atoms with E-state index in [1.165, 1.54) is 12.8 Å². The molecular formula is C12H20O3. The van der Waals surface area contributed by atoms with E-state index in [1.807, 2.05) is 0 Å². The first-order chi connectivity index (χ1) is 7.27. The van der Waals surface area contributed by atoms with E-state index in [0.29, 0.717) is 6.61 Å². The Bertz CT molecular complexity index is 239. The highest BCUT2D eigenvalue weighted by Crippen LogP contribution is 2.40. The molecule has 0 aromatic heterocycles. The second-order valence-electron chi connectivity index (χ2n) is 4.38. The Morgan fingerprint density at radius 2 is 2.33 bits per heavy atom. The van der Waals surface area contributed by atoms with Crippen LogP contribution in [-0.2, 0) is 14.2 Å². The highest BCUT2D eigenvalue weighted by molar-refractivity contribution is 5.14. The van der Waals surface area contributed by atoms with Gasteiger partial charge in [0.25, 0.3) is 0 Å². The summed E-state index contributed by atoms with van der Waals surface area (Å²) in [4.78, 5) is 0. The predicted octanol–water partition coefficient (Wildman–Crippen LogP) is 2.12. The Hall–Kier alpha value is -0.380. The number of hydrogen-bond donors (Lipinski definition) is 0. The maximum absolute atomic E-state index is 5.84. The molecule has 0 amide bonds. The molecule has 2 rings (SSSR count). The maximum atomic E-state index is 5.84. The van der Waals surface area contributed by atoms with Gasteiger partial charge in [-0.1, -0.05) is 26.3 Å². The van der Waals surface area contributed by atoms with Gasteiger partial charge in [-0.2, -0.15) is 0 Å². The van der Waals surface area contributed by atoms with Crippen LogP contribution in [0.5, 0.6) is 0 Å². The monoisotopic (exact) mass is 212 g/mol. The number of rotatable bonds is 4. The van der Waals surface area contributed by atoms with Crippen molar-refractivity contribution in [1.82, 2.24) is 0 Å². The van der Waals surface area contributed by atoms with Gasteiger partial charge in [-0.3, -0.25) is 0 Å². The summed E-state index contributed by atoms with van der Waals surface area (Å²) in [6, 6.07) is 0. The molecule has 15 heavy (non-hydrogen) atoms. The third kappa shape index (κ3) is 1.96. The fraction of sp³-hybridized carbons (Fsp3) is 0.833. The van der Waals surface area contributed by atoms with Crippen LogP contribution in [-0.4, -0.2) is 32.2 Å². The van der Waals surface area contributed by atoms with Crippen LogP contribution in [0.25, 0.3) is 0 Å². The second-order valence-corrected chi connectivity index (χ2v) is 4.38. The minimum atomic E-state index is -0.146. The third-order valence-corrected chi connectivity index (χ3v) is 3.33. The Kier molecular flexibility index (Phi) is 3.44. The molecule has 2 aliphatic heterocycles. The van der Waals surface area contributed by atoms with Crippen LogP contribution in [0.2, 0.25) is 0 Å². The van der Waals surface area contributed by atoms with Gasteiger partial charge < -0.3 is 14.2 Å². The van der Waals surface area contributed by atoms with Crippen LogP contribution in [0.3, 0.4) is 0 Å². The largest absolute Gasteiger partial charge is 0.370 e. The van der Waals surface area contributed by atoms with E-state index in [4.69, 9.17) is 14.2 Å². The topological polar surface area (TPSA) is 27.7 Å². The van der Waals surface area contributed by atoms with E-state index in [2.05, 4.69) is 13.5 Å². The van der Waals surface area contributed by atoms with Crippen molar-refractivity contribution in [1.29, 1.82) is 0 Å². The molecule has 2 heterocycles. The van der Waals surface area contributed by atoms with E-state index in [9.17, 15) is 0 Å². The van der Waals surface area contributed by atoms with E-state index in [-0.39, 0.29) is 24.4 Å². The summed E-state index contributed by atoms with van der Waals surface area (Å²) < 4.78 is 16.9. The minimum Gasteiger partial charge on any atom is -0.370 e. The van der Waals surface area contributed by atoms with Crippen LogP contribution in [0.4, 0.5) is 0 Å². The first-order valence-corrected chi connectivity index (χ1v) is 5.75. The van der Waals surface area contributed by atoms with E-state index >= 15 is 0 Å². The summed E-state index contributed by atoms with van der Waals surface area (Å²) in [5.41, 5.74) is 1.12. The van der Waals surface area contributed by atoms with Gasteiger partial charge in [0.1, 0.15) is 0 Å². The summed E-state index contributed by atoms with van der Waals surface area (Å²) in [6.07, 6.45) is 3.65. The van der Waals surface area contributed by atoms with Gasteiger partial charge in [0.2, 0.25) is 0 Å². The van der Waals surface area contributed by atoms with Crippen LogP contribution in [0, 0.1) is 5.92 Å². The van der Waals surface area contributed by atoms with Crippen molar-refractivity contribution in [2.45, 2.75) is 44.7 Å². The zero-order valence-electron chi connectivity index (χ0n) is 9.57. The summed E-state index contributed by atoms with van der Waals surface area (Å²) in [7, 11) is 1.69. The highest BCUT2D eigenvalue weighted by atomic mass is 16.7. The van der Waals surface area contributed by atoms with Gasteiger partial charge >= 0.3 is 0 Å². The van der Waals surface area contributed by atoms with Gasteiger partial charge in [0, 0.05) is 7.11 Å². The molecule has 0 radical (unpaired) electrons. The van der Waals surface area contributed by atoms with Gasteiger partial charge in [-0.25, -0.2) is 0 Å². The van der Waals surface area contributed by atoms with Crippen molar-refractivity contribution in [2.75, 3.05) is 13.7 Å². The SMILES string of the molecule is C=C1CO[C@@H]2[C@H]1[C@H](OC)O[C@@H]2CCCC. The van der Waals surface area contributed by atoms with Gasteiger partial charge in [0.05, 0.1) is 24.7 Å². The molecule has 2 fully saturated rings. The molecule has 4 atom stereocenters. The fourth-order valence-corrected chi connectivity index (χ4v) is 2.50. The lowest BCUT2D eigenvalue weighted by Gasteiger charge is -2.16. The molecular weight excluding hydrogens is 192 g/mol.